The molecule has 1 rings (SSSR count). The Hall–Kier alpha value is -1.42. The lowest BCUT2D eigenvalue weighted by Gasteiger charge is -2.11. The lowest BCUT2D eigenvalue weighted by Crippen LogP contribution is -2.02. The molecule has 1 aromatic carbocycles. The van der Waals surface area contributed by atoms with Crippen molar-refractivity contribution in [2.75, 3.05) is 14.2 Å². The van der Waals surface area contributed by atoms with Crippen LogP contribution in [0.4, 0.5) is 0 Å². The summed E-state index contributed by atoms with van der Waals surface area (Å²) >= 11 is 0. The molecule has 16 heavy (non-hydrogen) atoms. The van der Waals surface area contributed by atoms with Crippen molar-refractivity contribution < 1.29 is 19.7 Å². The minimum absolute atomic E-state index is 0.00537. The van der Waals surface area contributed by atoms with Crippen LogP contribution in [0, 0.1) is 0 Å². The van der Waals surface area contributed by atoms with E-state index in [1.165, 1.54) is 14.2 Å². The number of ether oxygens (including phenoxy) is 2. The molecule has 2 N–H and O–H groups in total. The summed E-state index contributed by atoms with van der Waals surface area (Å²) in [4.78, 5) is 0. The van der Waals surface area contributed by atoms with E-state index in [1.807, 2.05) is 0 Å². The van der Waals surface area contributed by atoms with E-state index in [4.69, 9.17) is 9.47 Å². The predicted molar refractivity (Wildman–Crippen MR) is 61.2 cm³/mol. The van der Waals surface area contributed by atoms with Gasteiger partial charge in [0.25, 0.3) is 0 Å². The molecule has 0 heterocycles. The first-order valence-electron chi connectivity index (χ1n) is 5.20. The van der Waals surface area contributed by atoms with E-state index < -0.39 is 0 Å². The zero-order chi connectivity index (χ0) is 12.1. The first-order valence-corrected chi connectivity index (χ1v) is 5.20. The number of aromatic hydroxyl groups is 1. The average molecular weight is 226 g/mol. The molecule has 0 aliphatic rings. The number of methoxy groups -OCH3 is 2. The van der Waals surface area contributed by atoms with Crippen LogP contribution in [0.25, 0.3) is 0 Å². The second-order valence-corrected chi connectivity index (χ2v) is 3.74. The minimum atomic E-state index is -0.342. The molecule has 0 saturated heterocycles. The fraction of sp³-hybridized carbons (Fsp3) is 0.500. The second-order valence-electron chi connectivity index (χ2n) is 3.74. The van der Waals surface area contributed by atoms with Crippen molar-refractivity contribution in [2.45, 2.75) is 25.9 Å². The van der Waals surface area contributed by atoms with Gasteiger partial charge in [-0.1, -0.05) is 0 Å². The summed E-state index contributed by atoms with van der Waals surface area (Å²) in [5.74, 6) is 0.783. The van der Waals surface area contributed by atoms with Crippen molar-refractivity contribution in [3.05, 3.63) is 17.7 Å². The summed E-state index contributed by atoms with van der Waals surface area (Å²) in [6.45, 7) is 1.74. The summed E-state index contributed by atoms with van der Waals surface area (Å²) in [5.41, 5.74) is 0.965. The molecule has 0 bridgehead atoms. The van der Waals surface area contributed by atoms with Crippen LogP contribution >= 0.6 is 0 Å². The highest BCUT2D eigenvalue weighted by atomic mass is 16.5. The number of rotatable bonds is 5. The molecule has 1 atom stereocenters. The second kappa shape index (κ2) is 5.61. The van der Waals surface area contributed by atoms with E-state index in [-0.39, 0.29) is 11.9 Å². The van der Waals surface area contributed by atoms with Crippen molar-refractivity contribution in [3.8, 4) is 17.2 Å². The van der Waals surface area contributed by atoms with Crippen molar-refractivity contribution in [1.82, 2.24) is 0 Å². The van der Waals surface area contributed by atoms with Crippen LogP contribution in [-0.2, 0) is 6.42 Å². The Morgan fingerprint density at radius 1 is 1.19 bits per heavy atom. The number of aryl methyl sites for hydroxylation is 1. The molecule has 0 aromatic heterocycles. The van der Waals surface area contributed by atoms with Gasteiger partial charge in [-0.25, -0.2) is 0 Å². The Kier molecular flexibility index (Phi) is 4.43. The molecule has 0 unspecified atom stereocenters. The van der Waals surface area contributed by atoms with Crippen LogP contribution in [0.1, 0.15) is 18.9 Å². The van der Waals surface area contributed by atoms with E-state index in [2.05, 4.69) is 0 Å². The standard InChI is InChI=1S/C12H18O4/c1-8(13)4-5-9-6-10(15-2)12(14)11(7-9)16-3/h6-8,13-14H,4-5H2,1-3H3/t8-/m1/s1. The Morgan fingerprint density at radius 3 is 2.06 bits per heavy atom. The smallest absolute Gasteiger partial charge is 0.200 e. The van der Waals surface area contributed by atoms with Gasteiger partial charge in [-0.15, -0.1) is 0 Å². The number of benzene rings is 1. The maximum absolute atomic E-state index is 9.69. The molecule has 4 heteroatoms. The minimum Gasteiger partial charge on any atom is -0.502 e. The van der Waals surface area contributed by atoms with Gasteiger partial charge in [0.2, 0.25) is 5.75 Å². The molecule has 0 fully saturated rings. The van der Waals surface area contributed by atoms with Crippen LogP contribution in [0.2, 0.25) is 0 Å². The first-order chi connectivity index (χ1) is 7.58. The fourth-order valence-electron chi connectivity index (χ4n) is 1.47. The van der Waals surface area contributed by atoms with Crippen LogP contribution in [-0.4, -0.2) is 30.5 Å². The van der Waals surface area contributed by atoms with Gasteiger partial charge in [-0.2, -0.15) is 0 Å². The Bertz CT molecular complexity index is 322. The van der Waals surface area contributed by atoms with Gasteiger partial charge in [-0.05, 0) is 37.5 Å². The lowest BCUT2D eigenvalue weighted by atomic mass is 10.1. The lowest BCUT2D eigenvalue weighted by molar-refractivity contribution is 0.185. The highest BCUT2D eigenvalue weighted by Gasteiger charge is 2.11. The third-order valence-corrected chi connectivity index (χ3v) is 2.39. The van der Waals surface area contributed by atoms with Crippen molar-refractivity contribution in [1.29, 1.82) is 0 Å². The number of phenols is 1. The molecule has 0 aliphatic heterocycles. The maximum Gasteiger partial charge on any atom is 0.200 e. The van der Waals surface area contributed by atoms with Crippen molar-refractivity contribution >= 4 is 0 Å². The molecule has 0 spiro atoms. The molecule has 1 aromatic rings. The fourth-order valence-corrected chi connectivity index (χ4v) is 1.47. The van der Waals surface area contributed by atoms with Crippen LogP contribution < -0.4 is 9.47 Å². The molecule has 90 valence electrons. The highest BCUT2D eigenvalue weighted by molar-refractivity contribution is 5.52. The van der Waals surface area contributed by atoms with Crippen LogP contribution in [0.5, 0.6) is 17.2 Å². The number of aliphatic hydroxyl groups is 1. The van der Waals surface area contributed by atoms with Gasteiger partial charge in [0.15, 0.2) is 11.5 Å². The molecular formula is C12H18O4. The van der Waals surface area contributed by atoms with Gasteiger partial charge in [0.05, 0.1) is 20.3 Å². The summed E-state index contributed by atoms with van der Waals surface area (Å²) in [6.07, 6.45) is 1.03. The SMILES string of the molecule is COc1cc(CC[C@@H](C)O)cc(OC)c1O. The zero-order valence-corrected chi connectivity index (χ0v) is 9.86. The molecule has 0 radical (unpaired) electrons. The zero-order valence-electron chi connectivity index (χ0n) is 9.86. The van der Waals surface area contributed by atoms with Crippen molar-refractivity contribution in [2.24, 2.45) is 0 Å². The maximum atomic E-state index is 9.69. The molecule has 0 aliphatic carbocycles. The monoisotopic (exact) mass is 226 g/mol. The van der Waals surface area contributed by atoms with Gasteiger partial charge in [-0.3, -0.25) is 0 Å². The number of hydrogen-bond donors (Lipinski definition) is 2. The Balaban J connectivity index is 2.93. The highest BCUT2D eigenvalue weighted by Crippen LogP contribution is 2.37. The van der Waals surface area contributed by atoms with Gasteiger partial charge in [0.1, 0.15) is 0 Å². The quantitative estimate of drug-likeness (QED) is 0.802. The topological polar surface area (TPSA) is 58.9 Å². The molecule has 4 nitrogen and oxygen atoms in total. The normalized spacial score (nSPS) is 12.2. The Labute approximate surface area is 95.4 Å². The molecular weight excluding hydrogens is 208 g/mol. The van der Waals surface area contributed by atoms with Crippen molar-refractivity contribution in [3.63, 3.8) is 0 Å². The molecule has 0 saturated carbocycles. The van der Waals surface area contributed by atoms with E-state index in [0.29, 0.717) is 24.3 Å². The van der Waals surface area contributed by atoms with Crippen LogP contribution in [0.3, 0.4) is 0 Å². The number of aliphatic hydroxyl groups excluding tert-OH is 1. The largest absolute Gasteiger partial charge is 0.502 e. The number of phenolic OH excluding ortho intramolecular Hbond substituents is 1. The average Bonchev–Trinajstić information content (AvgIpc) is 2.27. The van der Waals surface area contributed by atoms with E-state index in [0.717, 1.165) is 5.56 Å². The van der Waals surface area contributed by atoms with Gasteiger partial charge in [0, 0.05) is 0 Å². The number of hydrogen-bond acceptors (Lipinski definition) is 4. The predicted octanol–water partition coefficient (Wildman–Crippen LogP) is 1.72. The van der Waals surface area contributed by atoms with E-state index in [9.17, 15) is 10.2 Å². The summed E-state index contributed by atoms with van der Waals surface area (Å²) in [6, 6.07) is 3.50. The van der Waals surface area contributed by atoms with Crippen LogP contribution in [0.15, 0.2) is 12.1 Å². The summed E-state index contributed by atoms with van der Waals surface area (Å²) in [7, 11) is 2.99. The third-order valence-electron chi connectivity index (χ3n) is 2.39. The Morgan fingerprint density at radius 2 is 1.69 bits per heavy atom. The van der Waals surface area contributed by atoms with Gasteiger partial charge >= 0.3 is 0 Å². The summed E-state index contributed by atoms with van der Waals surface area (Å²) < 4.78 is 10.1. The summed E-state index contributed by atoms with van der Waals surface area (Å²) in [5, 5.41) is 18.9. The first kappa shape index (κ1) is 12.6. The van der Waals surface area contributed by atoms with E-state index >= 15 is 0 Å². The third kappa shape index (κ3) is 3.03. The van der Waals surface area contributed by atoms with E-state index in [1.54, 1.807) is 19.1 Å². The van der Waals surface area contributed by atoms with Gasteiger partial charge < -0.3 is 19.7 Å². The molecule has 0 amide bonds.